The Bertz CT molecular complexity index is 1830. The Morgan fingerprint density at radius 3 is 1.89 bits per heavy atom. The lowest BCUT2D eigenvalue weighted by Gasteiger charge is -2.26. The van der Waals surface area contributed by atoms with Gasteiger partial charge in [-0.1, -0.05) is 18.6 Å². The molecule has 1 aliphatic carbocycles. The highest BCUT2D eigenvalue weighted by Gasteiger charge is 2.30. The lowest BCUT2D eigenvalue weighted by Crippen LogP contribution is -2.36. The van der Waals surface area contributed by atoms with E-state index >= 15 is 0 Å². The molecule has 11 nitrogen and oxygen atoms in total. The van der Waals surface area contributed by atoms with Gasteiger partial charge in [0.05, 0.1) is 26.9 Å². The Kier molecular flexibility index (Phi) is 10.2. The van der Waals surface area contributed by atoms with Gasteiger partial charge in [0, 0.05) is 32.7 Å². The SMILES string of the molecule is O=C(CN(Cc1ccc(F)cc1)S(=O)(=O)c1ccc(S(=O)(=O)N2CCCCC2)cc1)N=C1C=CC(=S(=O)(O)N2CCCC2)C=C1. The van der Waals surface area contributed by atoms with Gasteiger partial charge in [-0.25, -0.2) is 34.7 Å². The topological polar surface area (TPSA) is 145 Å². The highest BCUT2D eigenvalue weighted by atomic mass is 32.2. The number of rotatable bonds is 9. The van der Waals surface area contributed by atoms with Crippen LogP contribution in [0.4, 0.5) is 4.39 Å². The van der Waals surface area contributed by atoms with E-state index < -0.39 is 48.3 Å². The lowest BCUT2D eigenvalue weighted by molar-refractivity contribution is -0.118. The third-order valence-corrected chi connectivity index (χ3v) is 13.5. The Labute approximate surface area is 263 Å². The standard InChI is InChI=1S/C30H35FN4O7S3/c31-25-8-6-24(7-9-25)22-35(23-30(36)32-26-10-12-27(13-11-26)43(37,38)34-20-4-5-21-34)45(41,42)29-16-14-28(15-17-29)44(39,40)33-18-2-1-3-19-33/h6-17H,1-5,18-23H2,(H,37,38). The summed E-state index contributed by atoms with van der Waals surface area (Å²) >= 11 is 0. The van der Waals surface area contributed by atoms with Crippen LogP contribution in [-0.2, 0) is 41.4 Å². The molecule has 2 saturated heterocycles. The maximum atomic E-state index is 13.8. The molecule has 1 amide bonds. The van der Waals surface area contributed by atoms with Crippen molar-refractivity contribution in [2.45, 2.75) is 48.4 Å². The minimum atomic E-state index is -4.35. The Hall–Kier alpha value is -3.05. The summed E-state index contributed by atoms with van der Waals surface area (Å²) in [6.45, 7) is 0.877. The van der Waals surface area contributed by atoms with Crippen LogP contribution < -0.4 is 0 Å². The maximum Gasteiger partial charge on any atom is 0.261 e. The molecule has 1 atom stereocenters. The van der Waals surface area contributed by atoms with Gasteiger partial charge in [0.25, 0.3) is 5.91 Å². The normalized spacial score (nSPS) is 19.6. The fraction of sp³-hybridized carbons (Fsp3) is 0.367. The molecule has 242 valence electrons. The van der Waals surface area contributed by atoms with E-state index in [4.69, 9.17) is 0 Å². The van der Waals surface area contributed by atoms with Crippen molar-refractivity contribution in [3.05, 3.63) is 84.2 Å². The first-order valence-electron chi connectivity index (χ1n) is 14.6. The van der Waals surface area contributed by atoms with Crippen LogP contribution in [0.25, 0.3) is 0 Å². The van der Waals surface area contributed by atoms with E-state index in [-0.39, 0.29) is 26.9 Å². The van der Waals surface area contributed by atoms with Gasteiger partial charge < -0.3 is 4.55 Å². The van der Waals surface area contributed by atoms with E-state index in [2.05, 4.69) is 4.99 Å². The van der Waals surface area contributed by atoms with E-state index in [1.807, 2.05) is 0 Å². The molecule has 45 heavy (non-hydrogen) atoms. The second-order valence-corrected chi connectivity index (χ2v) is 16.8. The quantitative estimate of drug-likeness (QED) is 0.401. The summed E-state index contributed by atoms with van der Waals surface area (Å²) in [4.78, 5) is 17.0. The number of piperidine rings is 1. The van der Waals surface area contributed by atoms with Crippen molar-refractivity contribution < 1.29 is 34.8 Å². The first-order valence-corrected chi connectivity index (χ1v) is 18.9. The van der Waals surface area contributed by atoms with Crippen molar-refractivity contribution >= 4 is 46.5 Å². The molecule has 1 N–H and O–H groups in total. The van der Waals surface area contributed by atoms with Gasteiger partial charge in [0.15, 0.2) is 9.99 Å². The van der Waals surface area contributed by atoms with E-state index in [9.17, 15) is 34.8 Å². The zero-order valence-electron chi connectivity index (χ0n) is 24.5. The number of allylic oxidation sites excluding steroid dienone is 4. The van der Waals surface area contributed by atoms with Crippen LogP contribution >= 0.6 is 0 Å². The van der Waals surface area contributed by atoms with Crippen LogP contribution in [0.15, 0.2) is 87.6 Å². The van der Waals surface area contributed by atoms with Gasteiger partial charge in [-0.05, 0) is 91.9 Å². The minimum Gasteiger partial charge on any atom is -0.302 e. The van der Waals surface area contributed by atoms with E-state index in [1.54, 1.807) is 0 Å². The van der Waals surface area contributed by atoms with Crippen LogP contribution in [0.1, 0.15) is 37.7 Å². The molecule has 3 aliphatic rings. The highest BCUT2D eigenvalue weighted by molar-refractivity contribution is 7.95. The smallest absolute Gasteiger partial charge is 0.261 e. The lowest BCUT2D eigenvalue weighted by atomic mass is 10.2. The van der Waals surface area contributed by atoms with Crippen LogP contribution in [0.2, 0.25) is 0 Å². The summed E-state index contributed by atoms with van der Waals surface area (Å²) in [5.41, 5.74) is 0.591. The molecule has 15 heteroatoms. The molecule has 2 aromatic rings. The number of sulfonamides is 2. The van der Waals surface area contributed by atoms with Gasteiger partial charge in [0.2, 0.25) is 20.0 Å². The number of benzene rings is 2. The van der Waals surface area contributed by atoms with Crippen molar-refractivity contribution in [1.82, 2.24) is 12.9 Å². The van der Waals surface area contributed by atoms with Gasteiger partial charge in [-0.15, -0.1) is 0 Å². The zero-order valence-corrected chi connectivity index (χ0v) is 26.9. The fourth-order valence-electron chi connectivity index (χ4n) is 5.32. The van der Waals surface area contributed by atoms with Crippen molar-refractivity contribution in [3.8, 4) is 0 Å². The second-order valence-electron chi connectivity index (χ2n) is 11.0. The van der Waals surface area contributed by atoms with Crippen LogP contribution in [0.3, 0.4) is 0 Å². The Morgan fingerprint density at radius 1 is 0.756 bits per heavy atom. The summed E-state index contributed by atoms with van der Waals surface area (Å²) in [6.07, 6.45) is 9.79. The van der Waals surface area contributed by atoms with Crippen molar-refractivity contribution in [2.24, 2.45) is 4.99 Å². The summed E-state index contributed by atoms with van der Waals surface area (Å²) in [7, 11) is -11.5. The van der Waals surface area contributed by atoms with Crippen molar-refractivity contribution in [3.63, 3.8) is 0 Å². The summed E-state index contributed by atoms with van der Waals surface area (Å²) in [5, 5.41) is 0. The largest absolute Gasteiger partial charge is 0.302 e. The van der Waals surface area contributed by atoms with Gasteiger partial charge in [-0.2, -0.15) is 8.61 Å². The number of aliphatic imine (C=N–C) groups is 1. The van der Waals surface area contributed by atoms with Crippen LogP contribution in [-0.4, -0.2) is 87.7 Å². The molecule has 0 saturated carbocycles. The van der Waals surface area contributed by atoms with E-state index in [1.165, 1.54) is 81.4 Å². The van der Waals surface area contributed by atoms with Crippen molar-refractivity contribution in [2.75, 3.05) is 32.7 Å². The minimum absolute atomic E-state index is 0.0282. The maximum absolute atomic E-state index is 13.8. The molecule has 2 fully saturated rings. The van der Waals surface area contributed by atoms with Crippen LogP contribution in [0.5, 0.6) is 0 Å². The first kappa shape index (κ1) is 33.3. The molecule has 5 rings (SSSR count). The molecular formula is C30H35FN4O7S3. The predicted octanol–water partition coefficient (Wildman–Crippen LogP) is 3.23. The fourth-order valence-corrected chi connectivity index (χ4v) is 9.76. The number of halogens is 1. The average Bonchev–Trinajstić information content (AvgIpc) is 3.59. The van der Waals surface area contributed by atoms with Gasteiger partial charge >= 0.3 is 0 Å². The highest BCUT2D eigenvalue weighted by Crippen LogP contribution is 2.24. The predicted molar refractivity (Wildman–Crippen MR) is 170 cm³/mol. The average molecular weight is 679 g/mol. The van der Waals surface area contributed by atoms with E-state index in [0.29, 0.717) is 31.7 Å². The Balaban J connectivity index is 1.38. The molecule has 2 aromatic carbocycles. The van der Waals surface area contributed by atoms with E-state index in [0.717, 1.165) is 36.4 Å². The third kappa shape index (κ3) is 7.68. The number of nitrogens with zero attached hydrogens (tertiary/aromatic N) is 4. The molecule has 0 radical (unpaired) electrons. The number of hydrogen-bond acceptors (Lipinski definition) is 6. The molecule has 2 heterocycles. The summed E-state index contributed by atoms with van der Waals surface area (Å²) < 4.78 is 94.5. The number of carbonyl (C=O) groups is 1. The van der Waals surface area contributed by atoms with Gasteiger partial charge in [0.1, 0.15) is 5.82 Å². The Morgan fingerprint density at radius 2 is 1.29 bits per heavy atom. The first-order chi connectivity index (χ1) is 21.4. The number of carbonyl (C=O) groups excluding carboxylic acids is 1. The molecule has 0 spiro atoms. The summed E-state index contributed by atoms with van der Waals surface area (Å²) in [5.74, 6) is -1.31. The van der Waals surface area contributed by atoms with Crippen molar-refractivity contribution in [1.29, 1.82) is 0 Å². The van der Waals surface area contributed by atoms with Crippen LogP contribution in [0, 0.1) is 5.82 Å². The van der Waals surface area contributed by atoms with Gasteiger partial charge in [-0.3, -0.25) is 4.79 Å². The molecule has 0 aromatic heterocycles. The monoisotopic (exact) mass is 678 g/mol. The molecular weight excluding hydrogens is 644 g/mol. The zero-order chi connectivity index (χ0) is 32.2. The number of amides is 1. The number of hydrogen-bond donors (Lipinski definition) is 1. The summed E-state index contributed by atoms with van der Waals surface area (Å²) in [6, 6.07) is 10.0. The second kappa shape index (κ2) is 13.7. The molecule has 2 aliphatic heterocycles. The molecule has 0 bridgehead atoms. The molecule has 1 unspecified atom stereocenters. The third-order valence-electron chi connectivity index (χ3n) is 7.81.